The molecule has 0 amide bonds. The molecular weight excluding hydrogens is 375 g/mol. The summed E-state index contributed by atoms with van der Waals surface area (Å²) in [5.74, 6) is 1.22. The van der Waals surface area contributed by atoms with Crippen LogP contribution < -0.4 is 9.55 Å². The van der Waals surface area contributed by atoms with E-state index in [-0.39, 0.29) is 0 Å². The standard InChI is InChI=1S/C21H17BOS3/c1-23-18-8-3-2-7-16(18)15-17(19-9-4-12-24-19)22(23,20-10-5-13-25-20)21-11-6-14-26-21/h2-15H,1H3. The average Bonchev–Trinajstić information content (AvgIpc) is 3.44. The molecule has 1 aliphatic heterocycles. The highest BCUT2D eigenvalue weighted by Crippen LogP contribution is 2.47. The highest BCUT2D eigenvalue weighted by atomic mass is 32.1. The van der Waals surface area contributed by atoms with Crippen LogP contribution in [0, 0.1) is 0 Å². The fraction of sp³-hybridized carbons (Fsp3) is 0.0476. The highest BCUT2D eigenvalue weighted by Gasteiger charge is 2.51. The fourth-order valence-corrected chi connectivity index (χ4v) is 7.13. The van der Waals surface area contributed by atoms with E-state index in [1.165, 1.54) is 31.2 Å². The number of para-hydroxylation sites is 1. The zero-order valence-electron chi connectivity index (χ0n) is 14.3. The number of hydrogen-bond acceptors (Lipinski definition) is 3. The van der Waals surface area contributed by atoms with E-state index in [0.717, 1.165) is 0 Å². The maximum atomic E-state index is 3.58. The van der Waals surface area contributed by atoms with Crippen molar-refractivity contribution in [2.24, 2.45) is 0 Å². The molecule has 1 nitrogen and oxygen atoms in total. The fourth-order valence-electron chi connectivity index (χ4n) is 4.11. The molecule has 0 bridgehead atoms. The topological polar surface area (TPSA) is 2.70 Å². The maximum absolute atomic E-state index is 3.58. The summed E-state index contributed by atoms with van der Waals surface area (Å²) >= 11 is 5.50. The van der Waals surface area contributed by atoms with Gasteiger partial charge in [0.25, 0.3) is 0 Å². The molecule has 1 aliphatic rings. The normalized spacial score (nSPS) is 15.6. The lowest BCUT2D eigenvalue weighted by Gasteiger charge is -2.52. The first kappa shape index (κ1) is 16.1. The van der Waals surface area contributed by atoms with E-state index in [4.69, 9.17) is 0 Å². The lowest BCUT2D eigenvalue weighted by molar-refractivity contribution is 0.174. The van der Waals surface area contributed by atoms with Gasteiger partial charge in [-0.15, -0.1) is 11.3 Å². The van der Waals surface area contributed by atoms with Gasteiger partial charge < -0.3 is 4.28 Å². The largest absolute Gasteiger partial charge is 0.809 e. The number of benzene rings is 1. The first-order valence-electron chi connectivity index (χ1n) is 8.55. The SMILES string of the molecule is C[O+]1c2ccccc2C=C(c2cccs2)[B-]1(c1cccs1)c1cccs1. The van der Waals surface area contributed by atoms with Crippen LogP contribution >= 0.6 is 34.0 Å². The Hall–Kier alpha value is -2.08. The summed E-state index contributed by atoms with van der Waals surface area (Å²) in [5.41, 5.74) is 2.64. The zero-order valence-corrected chi connectivity index (χ0v) is 16.7. The zero-order chi connectivity index (χ0) is 17.6. The molecule has 4 aromatic rings. The third-order valence-corrected chi connectivity index (χ3v) is 8.22. The summed E-state index contributed by atoms with van der Waals surface area (Å²) in [6.07, 6.45) is 1.13. The van der Waals surface area contributed by atoms with E-state index in [9.17, 15) is 0 Å². The predicted molar refractivity (Wildman–Crippen MR) is 119 cm³/mol. The molecule has 0 N–H and O–H groups in total. The van der Waals surface area contributed by atoms with Gasteiger partial charge in [-0.2, -0.15) is 22.7 Å². The second kappa shape index (κ2) is 6.27. The molecule has 5 heteroatoms. The minimum atomic E-state index is -1.27. The quantitative estimate of drug-likeness (QED) is 0.314. The van der Waals surface area contributed by atoms with E-state index < -0.39 is 6.35 Å². The molecule has 0 saturated carbocycles. The summed E-state index contributed by atoms with van der Waals surface area (Å²) in [7, 11) is 2.18. The van der Waals surface area contributed by atoms with Crippen LogP contribution in [0.1, 0.15) is 10.4 Å². The van der Waals surface area contributed by atoms with Crippen molar-refractivity contribution in [2.45, 2.75) is 0 Å². The van der Waals surface area contributed by atoms with Gasteiger partial charge in [-0.3, -0.25) is 0 Å². The smallest absolute Gasteiger partial charge is 0.434 e. The third-order valence-electron chi connectivity index (χ3n) is 5.24. The van der Waals surface area contributed by atoms with Gasteiger partial charge in [0.05, 0.1) is 5.56 Å². The van der Waals surface area contributed by atoms with Crippen molar-refractivity contribution in [1.82, 2.24) is 0 Å². The Bertz CT molecular complexity index is 1010. The molecule has 128 valence electrons. The van der Waals surface area contributed by atoms with Gasteiger partial charge in [0.2, 0.25) is 5.75 Å². The molecule has 26 heavy (non-hydrogen) atoms. The third kappa shape index (κ3) is 2.21. The van der Waals surface area contributed by atoms with Crippen LogP contribution in [-0.2, 0) is 4.28 Å². The van der Waals surface area contributed by atoms with Crippen molar-refractivity contribution < 1.29 is 4.28 Å². The van der Waals surface area contributed by atoms with Crippen molar-refractivity contribution in [3.63, 3.8) is 0 Å². The van der Waals surface area contributed by atoms with Crippen molar-refractivity contribution >= 4 is 61.5 Å². The average molecular weight is 392 g/mol. The minimum absolute atomic E-state index is 1.22. The van der Waals surface area contributed by atoms with Crippen molar-refractivity contribution in [1.29, 1.82) is 0 Å². The van der Waals surface area contributed by atoms with E-state index in [1.54, 1.807) is 0 Å². The molecule has 0 aliphatic carbocycles. The predicted octanol–water partition coefficient (Wildman–Crippen LogP) is 5.62. The van der Waals surface area contributed by atoms with Crippen LogP contribution in [0.25, 0.3) is 11.5 Å². The van der Waals surface area contributed by atoms with Gasteiger partial charge in [0, 0.05) is 10.9 Å². The molecule has 5 rings (SSSR count). The second-order valence-corrected chi connectivity index (χ2v) is 9.40. The summed E-state index contributed by atoms with van der Waals surface area (Å²) in [5, 5.41) is 6.55. The van der Waals surface area contributed by atoms with Crippen LogP contribution in [0.3, 0.4) is 0 Å². The number of hydrogen-bond donors (Lipinski definition) is 0. The molecule has 3 aromatic heterocycles. The van der Waals surface area contributed by atoms with Crippen LogP contribution in [-0.4, -0.2) is 13.5 Å². The summed E-state index contributed by atoms with van der Waals surface area (Å²) in [6.45, 7) is 0. The van der Waals surface area contributed by atoms with Crippen LogP contribution in [0.5, 0.6) is 5.75 Å². The van der Waals surface area contributed by atoms with Crippen molar-refractivity contribution in [3.8, 4) is 5.75 Å². The Morgan fingerprint density at radius 1 is 0.731 bits per heavy atom. The van der Waals surface area contributed by atoms with E-state index in [0.29, 0.717) is 0 Å². The Balaban J connectivity index is 1.90. The molecule has 0 unspecified atom stereocenters. The number of thiophene rings is 3. The molecular formula is C21H17BOS3. The van der Waals surface area contributed by atoms with Gasteiger partial charge in [0.15, 0.2) is 0 Å². The Morgan fingerprint density at radius 2 is 1.38 bits per heavy atom. The van der Waals surface area contributed by atoms with Crippen molar-refractivity contribution in [2.75, 3.05) is 7.11 Å². The van der Waals surface area contributed by atoms with Crippen molar-refractivity contribution in [3.05, 3.63) is 87.2 Å². The molecule has 0 saturated heterocycles. The lowest BCUT2D eigenvalue weighted by atomic mass is 9.31. The van der Waals surface area contributed by atoms with E-state index in [1.807, 2.05) is 34.0 Å². The van der Waals surface area contributed by atoms with Crippen LogP contribution in [0.2, 0.25) is 0 Å². The highest BCUT2D eigenvalue weighted by molar-refractivity contribution is 7.40. The molecule has 0 radical (unpaired) electrons. The van der Waals surface area contributed by atoms with Crippen LogP contribution in [0.15, 0.2) is 76.8 Å². The van der Waals surface area contributed by atoms with Gasteiger partial charge in [-0.25, -0.2) is 0 Å². The van der Waals surface area contributed by atoms with Gasteiger partial charge in [-0.1, -0.05) is 54.0 Å². The summed E-state index contributed by atoms with van der Waals surface area (Å²) in [6, 6.07) is 21.9. The Kier molecular flexibility index (Phi) is 3.89. The van der Waals surface area contributed by atoms with Gasteiger partial charge in [-0.05, 0) is 37.8 Å². The summed E-state index contributed by atoms with van der Waals surface area (Å²) < 4.78 is 6.34. The lowest BCUT2D eigenvalue weighted by Crippen LogP contribution is -2.64. The minimum Gasteiger partial charge on any atom is -0.809 e. The molecule has 0 fully saturated rings. The molecule has 1 aromatic carbocycles. The molecule has 0 atom stereocenters. The first-order valence-corrected chi connectivity index (χ1v) is 11.2. The maximum Gasteiger partial charge on any atom is 0.434 e. The first-order chi connectivity index (χ1) is 12.8. The van der Waals surface area contributed by atoms with Crippen LogP contribution in [0.4, 0.5) is 0 Å². The summed E-state index contributed by atoms with van der Waals surface area (Å²) in [4.78, 5) is 1.33. The number of fused-ring (bicyclic) bond motifs is 1. The van der Waals surface area contributed by atoms with E-state index in [2.05, 4.69) is 94.3 Å². The molecule has 0 spiro atoms. The Morgan fingerprint density at radius 3 is 2.00 bits per heavy atom. The van der Waals surface area contributed by atoms with Gasteiger partial charge in [0.1, 0.15) is 7.11 Å². The number of rotatable bonds is 3. The van der Waals surface area contributed by atoms with Gasteiger partial charge >= 0.3 is 6.35 Å². The monoisotopic (exact) mass is 392 g/mol. The Labute approximate surface area is 165 Å². The molecule has 4 heterocycles. The second-order valence-electron chi connectivity index (χ2n) is 6.49. The van der Waals surface area contributed by atoms with E-state index >= 15 is 0 Å².